The van der Waals surface area contributed by atoms with Crippen molar-refractivity contribution in [3.8, 4) is 5.75 Å². The number of amides is 2. The molecular formula is C23H18ClN5O3S. The van der Waals surface area contributed by atoms with Crippen molar-refractivity contribution >= 4 is 40.4 Å². The number of aromatic nitrogens is 3. The van der Waals surface area contributed by atoms with Crippen molar-refractivity contribution in [3.63, 3.8) is 0 Å². The van der Waals surface area contributed by atoms with Crippen molar-refractivity contribution < 1.29 is 14.3 Å². The van der Waals surface area contributed by atoms with Gasteiger partial charge in [0.15, 0.2) is 5.01 Å². The molecule has 0 saturated heterocycles. The Morgan fingerprint density at radius 3 is 2.48 bits per heavy atom. The third kappa shape index (κ3) is 6.34. The van der Waals surface area contributed by atoms with Gasteiger partial charge in [-0.2, -0.15) is 0 Å². The Hall–Kier alpha value is -3.82. The molecule has 2 amide bonds. The van der Waals surface area contributed by atoms with Crippen LogP contribution in [-0.2, 0) is 13.2 Å². The van der Waals surface area contributed by atoms with Crippen molar-refractivity contribution in [2.75, 3.05) is 5.32 Å². The predicted molar refractivity (Wildman–Crippen MR) is 125 cm³/mol. The monoisotopic (exact) mass is 479 g/mol. The average Bonchev–Trinajstić information content (AvgIpc) is 3.33. The predicted octanol–water partition coefficient (Wildman–Crippen LogP) is 4.35. The first kappa shape index (κ1) is 22.4. The third-order valence-electron chi connectivity index (χ3n) is 4.42. The first-order chi connectivity index (χ1) is 16.1. The van der Waals surface area contributed by atoms with Crippen molar-refractivity contribution in [2.45, 2.75) is 13.2 Å². The van der Waals surface area contributed by atoms with Gasteiger partial charge in [0.05, 0.1) is 0 Å². The van der Waals surface area contributed by atoms with E-state index >= 15 is 0 Å². The normalized spacial score (nSPS) is 10.5. The van der Waals surface area contributed by atoms with Gasteiger partial charge >= 0.3 is 0 Å². The zero-order valence-corrected chi connectivity index (χ0v) is 18.8. The zero-order chi connectivity index (χ0) is 23.0. The first-order valence-corrected chi connectivity index (χ1v) is 11.1. The van der Waals surface area contributed by atoms with E-state index in [1.165, 1.54) is 0 Å². The maximum Gasteiger partial charge on any atom is 0.286 e. The molecule has 2 heterocycles. The Kier molecular flexibility index (Phi) is 7.23. The highest BCUT2D eigenvalue weighted by atomic mass is 35.5. The summed E-state index contributed by atoms with van der Waals surface area (Å²) in [5.74, 6) is 0.0229. The molecule has 4 aromatic rings. The van der Waals surface area contributed by atoms with E-state index in [4.69, 9.17) is 16.3 Å². The van der Waals surface area contributed by atoms with E-state index in [0.717, 1.165) is 16.9 Å². The van der Waals surface area contributed by atoms with Crippen molar-refractivity contribution in [3.05, 3.63) is 99.2 Å². The van der Waals surface area contributed by atoms with Crippen LogP contribution in [0.3, 0.4) is 0 Å². The van der Waals surface area contributed by atoms with Gasteiger partial charge in [0.1, 0.15) is 12.4 Å². The summed E-state index contributed by atoms with van der Waals surface area (Å²) < 4.78 is 5.70. The summed E-state index contributed by atoms with van der Waals surface area (Å²) in [6.45, 7) is 0.550. The smallest absolute Gasteiger partial charge is 0.286 e. The minimum Gasteiger partial charge on any atom is -0.486 e. The largest absolute Gasteiger partial charge is 0.486 e. The maximum atomic E-state index is 12.3. The van der Waals surface area contributed by atoms with E-state index in [-0.39, 0.29) is 23.4 Å². The quantitative estimate of drug-likeness (QED) is 0.389. The van der Waals surface area contributed by atoms with Crippen LogP contribution in [0.4, 0.5) is 5.69 Å². The van der Waals surface area contributed by atoms with Crippen molar-refractivity contribution in [1.82, 2.24) is 20.5 Å². The Morgan fingerprint density at radius 2 is 1.76 bits per heavy atom. The van der Waals surface area contributed by atoms with Gasteiger partial charge in [-0.15, -0.1) is 10.2 Å². The molecule has 0 unspecified atom stereocenters. The highest BCUT2D eigenvalue weighted by Crippen LogP contribution is 2.18. The number of rotatable bonds is 8. The fourth-order valence-electron chi connectivity index (χ4n) is 2.76. The number of hydrogen-bond donors (Lipinski definition) is 2. The molecule has 0 bridgehead atoms. The summed E-state index contributed by atoms with van der Waals surface area (Å²) in [5.41, 5.74) is 2.05. The lowest BCUT2D eigenvalue weighted by Crippen LogP contribution is -2.22. The molecule has 2 aromatic heterocycles. The van der Waals surface area contributed by atoms with Crippen LogP contribution in [0.15, 0.2) is 73.1 Å². The number of hydrogen-bond acceptors (Lipinski definition) is 7. The lowest BCUT2D eigenvalue weighted by Gasteiger charge is -2.07. The topological polar surface area (TPSA) is 106 Å². The van der Waals surface area contributed by atoms with Crippen LogP contribution in [0.1, 0.15) is 30.7 Å². The Morgan fingerprint density at radius 1 is 0.970 bits per heavy atom. The van der Waals surface area contributed by atoms with Crippen LogP contribution in [0, 0.1) is 0 Å². The van der Waals surface area contributed by atoms with Crippen LogP contribution < -0.4 is 15.4 Å². The van der Waals surface area contributed by atoms with E-state index in [2.05, 4.69) is 25.8 Å². The molecule has 0 spiro atoms. The van der Waals surface area contributed by atoms with Crippen LogP contribution in [-0.4, -0.2) is 27.0 Å². The second-order valence-corrected chi connectivity index (χ2v) is 8.32. The van der Waals surface area contributed by atoms with Gasteiger partial charge in [0, 0.05) is 35.2 Å². The summed E-state index contributed by atoms with van der Waals surface area (Å²) in [6, 6.07) is 17.3. The van der Waals surface area contributed by atoms with Gasteiger partial charge in [0.2, 0.25) is 5.01 Å². The van der Waals surface area contributed by atoms with E-state index in [1.54, 1.807) is 60.9 Å². The van der Waals surface area contributed by atoms with Crippen molar-refractivity contribution in [2.24, 2.45) is 0 Å². The number of carbonyl (C=O) groups is 2. The summed E-state index contributed by atoms with van der Waals surface area (Å²) in [5, 5.41) is 14.9. The molecule has 166 valence electrons. The third-order valence-corrected chi connectivity index (χ3v) is 5.57. The molecule has 0 atom stereocenters. The molecular weight excluding hydrogens is 462 g/mol. The molecule has 33 heavy (non-hydrogen) atoms. The Labute approximate surface area is 198 Å². The summed E-state index contributed by atoms with van der Waals surface area (Å²) in [7, 11) is 0. The van der Waals surface area contributed by atoms with Crippen LogP contribution >= 0.6 is 22.9 Å². The van der Waals surface area contributed by atoms with Gasteiger partial charge in [-0.3, -0.25) is 14.6 Å². The van der Waals surface area contributed by atoms with E-state index in [9.17, 15) is 9.59 Å². The number of pyridine rings is 1. The molecule has 0 aliphatic heterocycles. The molecule has 0 fully saturated rings. The van der Waals surface area contributed by atoms with Gasteiger partial charge < -0.3 is 15.4 Å². The average molecular weight is 480 g/mol. The molecule has 0 aliphatic carbocycles. The van der Waals surface area contributed by atoms with Crippen LogP contribution in [0.25, 0.3) is 0 Å². The highest BCUT2D eigenvalue weighted by Gasteiger charge is 2.14. The van der Waals surface area contributed by atoms with Crippen LogP contribution in [0.5, 0.6) is 5.75 Å². The second-order valence-electron chi connectivity index (χ2n) is 6.82. The Balaban J connectivity index is 1.27. The molecule has 0 saturated carbocycles. The van der Waals surface area contributed by atoms with Crippen LogP contribution in [0.2, 0.25) is 5.02 Å². The minimum absolute atomic E-state index is 0.151. The molecule has 0 radical (unpaired) electrons. The molecule has 8 nitrogen and oxygen atoms in total. The fraction of sp³-hybridized carbons (Fsp3) is 0.0870. The van der Waals surface area contributed by atoms with E-state index in [1.807, 2.05) is 12.1 Å². The summed E-state index contributed by atoms with van der Waals surface area (Å²) in [4.78, 5) is 28.6. The highest BCUT2D eigenvalue weighted by molar-refractivity contribution is 7.13. The summed E-state index contributed by atoms with van der Waals surface area (Å²) >= 11 is 6.99. The molecule has 10 heteroatoms. The lowest BCUT2D eigenvalue weighted by atomic mass is 10.2. The standard InChI is InChI=1S/C23H18ClN5O3S/c24-17-5-7-18(8-6-17)27-22(31)23-29-28-20(33-23)14-32-19-9-3-16(4-10-19)21(30)26-13-15-2-1-11-25-12-15/h1-12H,13-14H2,(H,26,30)(H,27,31). The number of anilines is 1. The van der Waals surface area contributed by atoms with E-state index in [0.29, 0.717) is 33.6 Å². The van der Waals surface area contributed by atoms with Gasteiger partial charge in [-0.25, -0.2) is 0 Å². The van der Waals surface area contributed by atoms with Gasteiger partial charge in [-0.1, -0.05) is 29.0 Å². The number of halogens is 1. The molecule has 0 aliphatic rings. The van der Waals surface area contributed by atoms with Crippen molar-refractivity contribution in [1.29, 1.82) is 0 Å². The molecule has 4 rings (SSSR count). The number of carbonyl (C=O) groups excluding carboxylic acids is 2. The maximum absolute atomic E-state index is 12.3. The summed E-state index contributed by atoms with van der Waals surface area (Å²) in [6.07, 6.45) is 3.39. The van der Waals surface area contributed by atoms with E-state index < -0.39 is 0 Å². The van der Waals surface area contributed by atoms with Gasteiger partial charge in [0.25, 0.3) is 11.8 Å². The fourth-order valence-corrected chi connectivity index (χ4v) is 3.53. The first-order valence-electron chi connectivity index (χ1n) is 9.86. The number of nitrogens with zero attached hydrogens (tertiary/aromatic N) is 3. The number of ether oxygens (including phenoxy) is 1. The number of benzene rings is 2. The lowest BCUT2D eigenvalue weighted by molar-refractivity contribution is 0.0950. The SMILES string of the molecule is O=C(NCc1cccnc1)c1ccc(OCc2nnc(C(=O)Nc3ccc(Cl)cc3)s2)cc1. The zero-order valence-electron chi connectivity index (χ0n) is 17.2. The number of nitrogens with one attached hydrogen (secondary N) is 2. The molecule has 2 N–H and O–H groups in total. The second kappa shape index (κ2) is 10.7. The Bertz CT molecular complexity index is 1230. The van der Waals surface area contributed by atoms with Gasteiger partial charge in [-0.05, 0) is 60.2 Å². The molecule has 2 aromatic carbocycles. The minimum atomic E-state index is -0.359.